The van der Waals surface area contributed by atoms with Gasteiger partial charge in [-0.25, -0.2) is 5.43 Å². The maximum absolute atomic E-state index is 12.4. The first-order chi connectivity index (χ1) is 11.5. The highest BCUT2D eigenvalue weighted by Crippen LogP contribution is 2.34. The van der Waals surface area contributed by atoms with Crippen LogP contribution in [0.4, 0.5) is 0 Å². The molecule has 0 atom stereocenters. The molecular formula is C19H17ClN2OS. The molecule has 0 unspecified atom stereocenters. The molecule has 1 N–H and O–H groups in total. The minimum absolute atomic E-state index is 0.287. The van der Waals surface area contributed by atoms with Crippen LogP contribution in [0.1, 0.15) is 33.3 Å². The van der Waals surface area contributed by atoms with E-state index in [1.165, 1.54) is 16.9 Å². The average Bonchev–Trinajstić information content (AvgIpc) is 2.90. The van der Waals surface area contributed by atoms with Crippen LogP contribution in [0.2, 0.25) is 5.02 Å². The summed E-state index contributed by atoms with van der Waals surface area (Å²) in [6.07, 6.45) is 0. The van der Waals surface area contributed by atoms with Crippen LogP contribution in [0.5, 0.6) is 0 Å². The van der Waals surface area contributed by atoms with Crippen LogP contribution in [0.25, 0.3) is 10.1 Å². The van der Waals surface area contributed by atoms with Gasteiger partial charge in [-0.1, -0.05) is 53.6 Å². The third-order valence-electron chi connectivity index (χ3n) is 3.84. The van der Waals surface area contributed by atoms with Crippen LogP contribution in [0, 0.1) is 13.8 Å². The smallest absolute Gasteiger partial charge is 0.266 e. The molecule has 0 aliphatic carbocycles. The summed E-state index contributed by atoms with van der Waals surface area (Å²) in [4.78, 5) is 12.9. The summed E-state index contributed by atoms with van der Waals surface area (Å²) in [6, 6.07) is 13.8. The summed E-state index contributed by atoms with van der Waals surface area (Å²) in [5.41, 5.74) is 6.72. The van der Waals surface area contributed by atoms with E-state index in [4.69, 9.17) is 11.6 Å². The van der Waals surface area contributed by atoms with Crippen LogP contribution in [-0.2, 0) is 0 Å². The van der Waals surface area contributed by atoms with Gasteiger partial charge in [0.2, 0.25) is 0 Å². The summed E-state index contributed by atoms with van der Waals surface area (Å²) in [5.74, 6) is -0.287. The number of halogens is 1. The highest BCUT2D eigenvalue weighted by molar-refractivity contribution is 7.21. The Morgan fingerprint density at radius 1 is 1.17 bits per heavy atom. The number of amides is 1. The largest absolute Gasteiger partial charge is 0.283 e. The Morgan fingerprint density at radius 2 is 1.92 bits per heavy atom. The van der Waals surface area contributed by atoms with Crippen molar-refractivity contribution in [3.8, 4) is 0 Å². The van der Waals surface area contributed by atoms with Gasteiger partial charge in [0.1, 0.15) is 4.88 Å². The predicted molar refractivity (Wildman–Crippen MR) is 102 cm³/mol. The minimum Gasteiger partial charge on any atom is -0.266 e. The first-order valence-corrected chi connectivity index (χ1v) is 8.76. The lowest BCUT2D eigenvalue weighted by Gasteiger charge is -2.06. The van der Waals surface area contributed by atoms with E-state index in [9.17, 15) is 4.79 Å². The first kappa shape index (κ1) is 16.7. The van der Waals surface area contributed by atoms with E-state index in [-0.39, 0.29) is 5.91 Å². The molecule has 3 nitrogen and oxygen atoms in total. The predicted octanol–water partition coefficient (Wildman–Crippen LogP) is 5.33. The van der Waals surface area contributed by atoms with Crippen LogP contribution in [-0.4, -0.2) is 11.6 Å². The second-order valence-corrected chi connectivity index (χ2v) is 7.13. The van der Waals surface area contributed by atoms with E-state index in [1.807, 2.05) is 50.2 Å². The Morgan fingerprint density at radius 3 is 2.62 bits per heavy atom. The Hall–Kier alpha value is -2.17. The molecule has 0 aliphatic heterocycles. The number of hydrogen-bond donors (Lipinski definition) is 1. The number of benzene rings is 2. The van der Waals surface area contributed by atoms with E-state index >= 15 is 0 Å². The Kier molecular flexibility index (Phi) is 4.69. The van der Waals surface area contributed by atoms with Gasteiger partial charge in [-0.2, -0.15) is 5.10 Å². The van der Waals surface area contributed by atoms with Gasteiger partial charge in [0, 0.05) is 15.6 Å². The summed E-state index contributed by atoms with van der Waals surface area (Å²) in [5, 5.41) is 5.61. The van der Waals surface area contributed by atoms with Crippen LogP contribution >= 0.6 is 22.9 Å². The average molecular weight is 357 g/mol. The normalized spacial score (nSPS) is 11.8. The van der Waals surface area contributed by atoms with Crippen LogP contribution in [0.15, 0.2) is 47.6 Å². The number of hydrazone groups is 1. The molecule has 2 aromatic carbocycles. The number of nitrogens with zero attached hydrogens (tertiary/aromatic N) is 1. The summed E-state index contributed by atoms with van der Waals surface area (Å²) in [7, 11) is 0. The number of carbonyl (C=O) groups is 1. The Balaban J connectivity index is 1.84. The zero-order valence-corrected chi connectivity index (χ0v) is 15.3. The van der Waals surface area contributed by atoms with Crippen LogP contribution < -0.4 is 5.43 Å². The van der Waals surface area contributed by atoms with Crippen molar-refractivity contribution in [2.45, 2.75) is 20.8 Å². The fourth-order valence-corrected chi connectivity index (χ4v) is 4.03. The monoisotopic (exact) mass is 356 g/mol. The molecule has 3 rings (SSSR count). The van der Waals surface area contributed by atoms with Gasteiger partial charge < -0.3 is 0 Å². The molecule has 0 aliphatic rings. The fraction of sp³-hybridized carbons (Fsp3) is 0.158. The Labute approximate surface area is 150 Å². The zero-order valence-electron chi connectivity index (χ0n) is 13.7. The molecule has 0 radical (unpaired) electrons. The van der Waals surface area contributed by atoms with E-state index in [0.29, 0.717) is 9.90 Å². The standard InChI is InChI=1S/C19H17ClN2OS/c1-11-8-9-14(12(2)10-11)13(3)21-22-19(23)18-17(20)15-6-4-5-7-16(15)24-18/h4-10H,1-3H3,(H,22,23)/b21-13+. The molecule has 0 saturated heterocycles. The molecule has 122 valence electrons. The number of nitrogens with one attached hydrogen (secondary N) is 1. The molecule has 0 saturated carbocycles. The minimum atomic E-state index is -0.287. The van der Waals surface area contributed by atoms with E-state index in [0.717, 1.165) is 26.9 Å². The molecule has 3 aromatic rings. The van der Waals surface area contributed by atoms with Gasteiger partial charge in [0.05, 0.1) is 10.7 Å². The highest BCUT2D eigenvalue weighted by atomic mass is 35.5. The fourth-order valence-electron chi connectivity index (χ4n) is 2.63. The molecule has 0 bridgehead atoms. The van der Waals surface area contributed by atoms with Crippen molar-refractivity contribution < 1.29 is 4.79 Å². The van der Waals surface area contributed by atoms with Crippen molar-refractivity contribution in [2.24, 2.45) is 5.10 Å². The molecule has 5 heteroatoms. The second kappa shape index (κ2) is 6.75. The molecule has 1 aromatic heterocycles. The van der Waals surface area contributed by atoms with Gasteiger partial charge in [0.15, 0.2) is 0 Å². The number of carbonyl (C=O) groups excluding carboxylic acids is 1. The van der Waals surface area contributed by atoms with Crippen LogP contribution in [0.3, 0.4) is 0 Å². The quantitative estimate of drug-likeness (QED) is 0.500. The van der Waals surface area contributed by atoms with E-state index in [1.54, 1.807) is 0 Å². The summed E-state index contributed by atoms with van der Waals surface area (Å²) >= 11 is 7.70. The summed E-state index contributed by atoms with van der Waals surface area (Å²) < 4.78 is 0.989. The van der Waals surface area contributed by atoms with Crippen molar-refractivity contribution in [1.82, 2.24) is 5.43 Å². The Bertz CT molecular complexity index is 959. The molecule has 24 heavy (non-hydrogen) atoms. The highest BCUT2D eigenvalue weighted by Gasteiger charge is 2.16. The molecular weight excluding hydrogens is 340 g/mol. The molecule has 0 fully saturated rings. The van der Waals surface area contributed by atoms with Crippen molar-refractivity contribution in [3.63, 3.8) is 0 Å². The van der Waals surface area contributed by atoms with Gasteiger partial charge in [-0.3, -0.25) is 4.79 Å². The number of thiophene rings is 1. The first-order valence-electron chi connectivity index (χ1n) is 7.56. The van der Waals surface area contributed by atoms with Crippen molar-refractivity contribution in [2.75, 3.05) is 0 Å². The lowest BCUT2D eigenvalue weighted by molar-refractivity contribution is 0.0959. The molecule has 0 spiro atoms. The maximum atomic E-state index is 12.4. The van der Waals surface area contributed by atoms with Crippen molar-refractivity contribution in [1.29, 1.82) is 0 Å². The third kappa shape index (κ3) is 3.21. The SMILES string of the molecule is C/C(=N\NC(=O)c1sc2ccccc2c1Cl)c1ccc(C)cc1C. The second-order valence-electron chi connectivity index (χ2n) is 5.70. The molecule has 1 amide bonds. The number of hydrogen-bond acceptors (Lipinski definition) is 3. The lowest BCUT2D eigenvalue weighted by atomic mass is 10.0. The molecule has 1 heterocycles. The number of rotatable bonds is 3. The van der Waals surface area contributed by atoms with Gasteiger partial charge >= 0.3 is 0 Å². The van der Waals surface area contributed by atoms with Gasteiger partial charge in [-0.05, 0) is 32.4 Å². The maximum Gasteiger partial charge on any atom is 0.283 e. The van der Waals surface area contributed by atoms with Gasteiger partial charge in [-0.15, -0.1) is 11.3 Å². The topological polar surface area (TPSA) is 41.5 Å². The van der Waals surface area contributed by atoms with Crippen molar-refractivity contribution >= 4 is 44.6 Å². The van der Waals surface area contributed by atoms with E-state index < -0.39 is 0 Å². The van der Waals surface area contributed by atoms with E-state index in [2.05, 4.69) is 23.5 Å². The number of fused-ring (bicyclic) bond motifs is 1. The number of aryl methyl sites for hydroxylation is 2. The third-order valence-corrected chi connectivity index (χ3v) is 5.51. The van der Waals surface area contributed by atoms with Gasteiger partial charge in [0.25, 0.3) is 5.91 Å². The van der Waals surface area contributed by atoms with Crippen molar-refractivity contribution in [3.05, 3.63) is 69.1 Å². The summed E-state index contributed by atoms with van der Waals surface area (Å²) in [6.45, 7) is 5.96. The zero-order chi connectivity index (χ0) is 17.3. The lowest BCUT2D eigenvalue weighted by Crippen LogP contribution is -2.18.